The Morgan fingerprint density at radius 3 is 2.00 bits per heavy atom. The Hall–Kier alpha value is -0.120. The number of ether oxygens (including phenoxy) is 2. The van der Waals surface area contributed by atoms with Crippen molar-refractivity contribution in [2.45, 2.75) is 34.1 Å². The topological polar surface area (TPSA) is 30.5 Å². The van der Waals surface area contributed by atoms with Gasteiger partial charge in [0.25, 0.3) is 0 Å². The summed E-state index contributed by atoms with van der Waals surface area (Å²) in [6, 6.07) is 0. The Kier molecular flexibility index (Phi) is 11.3. The highest BCUT2D eigenvalue weighted by atomic mass is 16.5. The molecule has 1 N–H and O–H groups in total. The van der Waals surface area contributed by atoms with Crippen LogP contribution in [0.1, 0.15) is 34.1 Å². The summed E-state index contributed by atoms with van der Waals surface area (Å²) < 4.78 is 10.9. The van der Waals surface area contributed by atoms with Crippen LogP contribution in [0.4, 0.5) is 0 Å². The molecule has 0 unspecified atom stereocenters. The quantitative estimate of drug-likeness (QED) is 0.554. The summed E-state index contributed by atoms with van der Waals surface area (Å²) in [6.45, 7) is 13.9. The van der Waals surface area contributed by atoms with Crippen molar-refractivity contribution in [3.8, 4) is 0 Å². The molecule has 0 aliphatic carbocycles. The summed E-state index contributed by atoms with van der Waals surface area (Å²) in [5.41, 5.74) is 0. The zero-order valence-corrected chi connectivity index (χ0v) is 11.4. The van der Waals surface area contributed by atoms with Gasteiger partial charge in [-0.15, -0.1) is 0 Å². The van der Waals surface area contributed by atoms with E-state index in [-0.39, 0.29) is 0 Å². The highest BCUT2D eigenvalue weighted by Crippen LogP contribution is 1.98. The molecule has 0 rings (SSSR count). The van der Waals surface area contributed by atoms with Crippen molar-refractivity contribution in [1.29, 1.82) is 0 Å². The minimum atomic E-state index is 0.624. The van der Waals surface area contributed by atoms with Gasteiger partial charge in [0, 0.05) is 26.3 Å². The Morgan fingerprint density at radius 2 is 1.44 bits per heavy atom. The van der Waals surface area contributed by atoms with E-state index in [0.29, 0.717) is 5.92 Å². The number of hydrogen-bond acceptors (Lipinski definition) is 3. The Balaban J connectivity index is 2.93. The number of rotatable bonds is 11. The summed E-state index contributed by atoms with van der Waals surface area (Å²) >= 11 is 0. The van der Waals surface area contributed by atoms with Gasteiger partial charge >= 0.3 is 0 Å². The highest BCUT2D eigenvalue weighted by Gasteiger charge is 1.95. The van der Waals surface area contributed by atoms with Crippen molar-refractivity contribution < 1.29 is 9.47 Å². The second-order valence-corrected chi connectivity index (χ2v) is 5.01. The van der Waals surface area contributed by atoms with E-state index in [4.69, 9.17) is 9.47 Å². The molecule has 0 bridgehead atoms. The molecule has 16 heavy (non-hydrogen) atoms. The van der Waals surface area contributed by atoms with Gasteiger partial charge in [-0.05, 0) is 18.3 Å². The molecule has 0 heterocycles. The van der Waals surface area contributed by atoms with Crippen molar-refractivity contribution in [2.24, 2.45) is 11.8 Å². The maximum Gasteiger partial charge on any atom is 0.0591 e. The smallest absolute Gasteiger partial charge is 0.0591 e. The normalized spacial score (nSPS) is 11.6. The van der Waals surface area contributed by atoms with Crippen LogP contribution < -0.4 is 5.32 Å². The molecule has 0 fully saturated rings. The van der Waals surface area contributed by atoms with Crippen LogP contribution in [0.15, 0.2) is 0 Å². The fourth-order valence-electron chi connectivity index (χ4n) is 1.15. The molecule has 0 aromatic carbocycles. The van der Waals surface area contributed by atoms with E-state index in [9.17, 15) is 0 Å². The van der Waals surface area contributed by atoms with Gasteiger partial charge < -0.3 is 14.8 Å². The van der Waals surface area contributed by atoms with E-state index < -0.39 is 0 Å². The molecule has 0 aliphatic rings. The van der Waals surface area contributed by atoms with Crippen LogP contribution in [0.2, 0.25) is 0 Å². The maximum absolute atomic E-state index is 5.49. The van der Waals surface area contributed by atoms with Gasteiger partial charge in [0.2, 0.25) is 0 Å². The van der Waals surface area contributed by atoms with Crippen LogP contribution in [-0.4, -0.2) is 39.5 Å². The summed E-state index contributed by atoms with van der Waals surface area (Å²) in [5.74, 6) is 1.36. The maximum atomic E-state index is 5.49. The molecule has 0 atom stereocenters. The molecule has 0 radical (unpaired) electrons. The average molecular weight is 231 g/mol. The van der Waals surface area contributed by atoms with E-state index in [1.807, 2.05) is 0 Å². The van der Waals surface area contributed by atoms with Gasteiger partial charge in [0.1, 0.15) is 0 Å². The average Bonchev–Trinajstić information content (AvgIpc) is 2.20. The summed E-state index contributed by atoms with van der Waals surface area (Å²) in [4.78, 5) is 0. The van der Waals surface area contributed by atoms with E-state index in [1.54, 1.807) is 0 Å². The van der Waals surface area contributed by atoms with Crippen LogP contribution in [0.3, 0.4) is 0 Å². The highest BCUT2D eigenvalue weighted by molar-refractivity contribution is 4.47. The second-order valence-electron chi connectivity index (χ2n) is 5.01. The van der Waals surface area contributed by atoms with Crippen LogP contribution in [-0.2, 0) is 9.47 Å². The number of hydrogen-bond donors (Lipinski definition) is 1. The second kappa shape index (κ2) is 11.4. The summed E-state index contributed by atoms with van der Waals surface area (Å²) in [7, 11) is 0. The SMILES string of the molecule is CC(C)CCOCCNCCOCC(C)C. The Labute approximate surface area is 101 Å². The van der Waals surface area contributed by atoms with Gasteiger partial charge in [-0.1, -0.05) is 27.7 Å². The molecule has 0 aromatic rings. The minimum Gasteiger partial charge on any atom is -0.380 e. The molecule has 0 saturated heterocycles. The van der Waals surface area contributed by atoms with E-state index >= 15 is 0 Å². The van der Waals surface area contributed by atoms with Crippen molar-refractivity contribution >= 4 is 0 Å². The lowest BCUT2D eigenvalue weighted by molar-refractivity contribution is 0.104. The Bertz CT molecular complexity index is 122. The molecule has 0 aromatic heterocycles. The van der Waals surface area contributed by atoms with Crippen molar-refractivity contribution in [3.63, 3.8) is 0 Å². The fraction of sp³-hybridized carbons (Fsp3) is 1.00. The molecule has 3 heteroatoms. The number of nitrogens with one attached hydrogen (secondary N) is 1. The fourth-order valence-corrected chi connectivity index (χ4v) is 1.15. The van der Waals surface area contributed by atoms with Crippen LogP contribution in [0, 0.1) is 11.8 Å². The zero-order chi connectivity index (χ0) is 12.2. The van der Waals surface area contributed by atoms with Crippen LogP contribution in [0.25, 0.3) is 0 Å². The Morgan fingerprint density at radius 1 is 0.812 bits per heavy atom. The molecular formula is C13H29NO2. The largest absolute Gasteiger partial charge is 0.380 e. The van der Waals surface area contributed by atoms with Gasteiger partial charge in [0.15, 0.2) is 0 Å². The van der Waals surface area contributed by atoms with Crippen LogP contribution in [0.5, 0.6) is 0 Å². The first-order chi connectivity index (χ1) is 7.63. The van der Waals surface area contributed by atoms with Gasteiger partial charge in [-0.2, -0.15) is 0 Å². The van der Waals surface area contributed by atoms with Crippen molar-refractivity contribution in [2.75, 3.05) is 39.5 Å². The van der Waals surface area contributed by atoms with Crippen molar-refractivity contribution in [3.05, 3.63) is 0 Å². The van der Waals surface area contributed by atoms with Gasteiger partial charge in [0.05, 0.1) is 13.2 Å². The molecule has 0 amide bonds. The standard InChI is InChI=1S/C13H29NO2/c1-12(2)5-8-15-9-6-14-7-10-16-11-13(3)4/h12-14H,5-11H2,1-4H3. The minimum absolute atomic E-state index is 0.624. The van der Waals surface area contributed by atoms with Crippen LogP contribution >= 0.6 is 0 Å². The third kappa shape index (κ3) is 13.9. The molecular weight excluding hydrogens is 202 g/mol. The van der Waals surface area contributed by atoms with Gasteiger partial charge in [-0.3, -0.25) is 0 Å². The molecule has 0 aliphatic heterocycles. The zero-order valence-electron chi connectivity index (χ0n) is 11.4. The van der Waals surface area contributed by atoms with Gasteiger partial charge in [-0.25, -0.2) is 0 Å². The monoisotopic (exact) mass is 231 g/mol. The summed E-state index contributed by atoms with van der Waals surface area (Å²) in [6.07, 6.45) is 1.15. The molecule has 98 valence electrons. The van der Waals surface area contributed by atoms with Crippen molar-refractivity contribution in [1.82, 2.24) is 5.32 Å². The summed E-state index contributed by atoms with van der Waals surface area (Å²) in [5, 5.41) is 3.30. The predicted molar refractivity (Wildman–Crippen MR) is 68.8 cm³/mol. The lowest BCUT2D eigenvalue weighted by Gasteiger charge is -2.09. The van der Waals surface area contributed by atoms with E-state index in [1.165, 1.54) is 0 Å². The third-order valence-corrected chi connectivity index (χ3v) is 2.14. The van der Waals surface area contributed by atoms with E-state index in [2.05, 4.69) is 33.0 Å². The molecule has 0 saturated carbocycles. The first-order valence-corrected chi connectivity index (χ1v) is 6.49. The first kappa shape index (κ1) is 15.9. The van der Waals surface area contributed by atoms with E-state index in [0.717, 1.165) is 51.9 Å². The predicted octanol–water partition coefficient (Wildman–Crippen LogP) is 2.31. The first-order valence-electron chi connectivity index (χ1n) is 6.49. The lowest BCUT2D eigenvalue weighted by Crippen LogP contribution is -2.24. The third-order valence-electron chi connectivity index (χ3n) is 2.14. The molecule has 0 spiro atoms. The molecule has 3 nitrogen and oxygen atoms in total. The lowest BCUT2D eigenvalue weighted by atomic mass is 10.1.